The van der Waals surface area contributed by atoms with Gasteiger partial charge in [-0.3, -0.25) is 9.97 Å². The highest BCUT2D eigenvalue weighted by atomic mass is 14.9. The number of benzene rings is 5. The molecule has 4 heteroatoms. The molecule has 0 bridgehead atoms. The van der Waals surface area contributed by atoms with Crippen LogP contribution in [0.1, 0.15) is 0 Å². The van der Waals surface area contributed by atoms with Crippen molar-refractivity contribution in [1.82, 2.24) is 19.9 Å². The number of pyridine rings is 2. The van der Waals surface area contributed by atoms with Gasteiger partial charge in [0, 0.05) is 39.9 Å². The Bertz CT molecular complexity index is 2200. The van der Waals surface area contributed by atoms with Crippen molar-refractivity contribution in [1.29, 1.82) is 0 Å². The molecule has 0 aliphatic carbocycles. The molecule has 0 aliphatic rings. The zero-order chi connectivity index (χ0) is 29.3. The minimum Gasteiger partial charge on any atom is -0.254 e. The number of hydrogen-bond acceptors (Lipinski definition) is 4. The molecule has 0 fully saturated rings. The van der Waals surface area contributed by atoms with Crippen molar-refractivity contribution >= 4 is 21.8 Å². The molecule has 206 valence electrons. The zero-order valence-corrected chi connectivity index (χ0v) is 23.8. The molecular formula is C40H26N4. The van der Waals surface area contributed by atoms with E-state index in [-0.39, 0.29) is 0 Å². The summed E-state index contributed by atoms with van der Waals surface area (Å²) in [6.45, 7) is 0. The average Bonchev–Trinajstić information content (AvgIpc) is 3.12. The van der Waals surface area contributed by atoms with Gasteiger partial charge in [0.1, 0.15) is 0 Å². The molecule has 0 saturated heterocycles. The smallest absolute Gasteiger partial charge is 0.160 e. The van der Waals surface area contributed by atoms with Gasteiger partial charge < -0.3 is 0 Å². The van der Waals surface area contributed by atoms with Gasteiger partial charge in [-0.2, -0.15) is 0 Å². The van der Waals surface area contributed by atoms with E-state index in [2.05, 4.69) is 108 Å². The predicted octanol–water partition coefficient (Wildman–Crippen LogP) is 9.91. The van der Waals surface area contributed by atoms with Crippen LogP contribution in [0, 0.1) is 0 Å². The largest absolute Gasteiger partial charge is 0.254 e. The zero-order valence-electron chi connectivity index (χ0n) is 23.8. The SMILES string of the molecule is c1ccc(-c2cc(-c3ccc(-c4cccc(-c5ccnc6c5ccc5cccnc56)c4)cc3)nc(-c3ccccc3)n2)cc1. The number of fused-ring (bicyclic) bond motifs is 3. The molecule has 0 N–H and O–H groups in total. The third kappa shape index (κ3) is 4.79. The minimum absolute atomic E-state index is 0.714. The molecule has 0 radical (unpaired) electrons. The Balaban J connectivity index is 1.17. The van der Waals surface area contributed by atoms with E-state index in [4.69, 9.17) is 15.0 Å². The first-order chi connectivity index (χ1) is 21.8. The summed E-state index contributed by atoms with van der Waals surface area (Å²) in [6.07, 6.45) is 3.70. The third-order valence-electron chi connectivity index (χ3n) is 8.00. The van der Waals surface area contributed by atoms with Gasteiger partial charge in [-0.15, -0.1) is 0 Å². The highest BCUT2D eigenvalue weighted by molar-refractivity contribution is 6.08. The molecule has 3 heterocycles. The molecule has 0 amide bonds. The van der Waals surface area contributed by atoms with Crippen molar-refractivity contribution in [2.45, 2.75) is 0 Å². The Kier molecular flexibility index (Phi) is 6.43. The second kappa shape index (κ2) is 11.0. The molecule has 5 aromatic carbocycles. The van der Waals surface area contributed by atoms with Gasteiger partial charge in [-0.25, -0.2) is 9.97 Å². The summed E-state index contributed by atoms with van der Waals surface area (Å²) in [6, 6.07) is 50.2. The van der Waals surface area contributed by atoms with Crippen LogP contribution in [0.4, 0.5) is 0 Å². The average molecular weight is 563 g/mol. The highest BCUT2D eigenvalue weighted by Crippen LogP contribution is 2.34. The Morgan fingerprint density at radius 1 is 0.364 bits per heavy atom. The monoisotopic (exact) mass is 562 g/mol. The molecule has 0 atom stereocenters. The quantitative estimate of drug-likeness (QED) is 0.196. The van der Waals surface area contributed by atoms with Gasteiger partial charge in [0.25, 0.3) is 0 Å². The van der Waals surface area contributed by atoms with Gasteiger partial charge in [0.05, 0.1) is 22.4 Å². The standard InChI is InChI=1S/C40H26N4/c1-3-9-28(10-4-1)36-26-37(44-40(43-36)31-11-5-2-6-12-31)29-18-16-27(17-19-29)32-13-7-14-33(25-32)34-22-24-42-39-35(34)21-20-30-15-8-23-41-38(30)39/h1-26H. The van der Waals surface area contributed by atoms with Crippen molar-refractivity contribution in [2.24, 2.45) is 0 Å². The predicted molar refractivity (Wildman–Crippen MR) is 180 cm³/mol. The van der Waals surface area contributed by atoms with Gasteiger partial charge >= 0.3 is 0 Å². The normalized spacial score (nSPS) is 11.2. The Labute approximate surface area is 255 Å². The van der Waals surface area contributed by atoms with Crippen molar-refractivity contribution in [2.75, 3.05) is 0 Å². The van der Waals surface area contributed by atoms with Crippen LogP contribution in [0.2, 0.25) is 0 Å². The summed E-state index contributed by atoms with van der Waals surface area (Å²) in [7, 11) is 0. The Morgan fingerprint density at radius 2 is 1.00 bits per heavy atom. The fraction of sp³-hybridized carbons (Fsp3) is 0. The maximum Gasteiger partial charge on any atom is 0.160 e. The topological polar surface area (TPSA) is 51.6 Å². The molecule has 4 nitrogen and oxygen atoms in total. The van der Waals surface area contributed by atoms with Gasteiger partial charge in [0.2, 0.25) is 0 Å². The molecular weight excluding hydrogens is 536 g/mol. The van der Waals surface area contributed by atoms with Gasteiger partial charge in [-0.05, 0) is 46.5 Å². The number of aromatic nitrogens is 4. The molecule has 0 aliphatic heterocycles. The Morgan fingerprint density at radius 3 is 1.77 bits per heavy atom. The summed E-state index contributed by atoms with van der Waals surface area (Å²) in [5, 5.41) is 2.19. The lowest BCUT2D eigenvalue weighted by Gasteiger charge is -2.11. The molecule has 8 aromatic rings. The first-order valence-electron chi connectivity index (χ1n) is 14.6. The van der Waals surface area contributed by atoms with Crippen molar-refractivity contribution < 1.29 is 0 Å². The number of nitrogens with zero attached hydrogens (tertiary/aromatic N) is 4. The molecule has 44 heavy (non-hydrogen) atoms. The summed E-state index contributed by atoms with van der Waals surface area (Å²) in [5.41, 5.74) is 11.3. The van der Waals surface area contributed by atoms with Crippen LogP contribution in [0.15, 0.2) is 158 Å². The molecule has 3 aromatic heterocycles. The highest BCUT2D eigenvalue weighted by Gasteiger charge is 2.12. The molecule has 0 unspecified atom stereocenters. The first kappa shape index (κ1) is 25.7. The van der Waals surface area contributed by atoms with Crippen LogP contribution in [0.3, 0.4) is 0 Å². The summed E-state index contributed by atoms with van der Waals surface area (Å²) < 4.78 is 0. The third-order valence-corrected chi connectivity index (χ3v) is 8.00. The van der Waals surface area contributed by atoms with E-state index >= 15 is 0 Å². The molecule has 0 spiro atoms. The lowest BCUT2D eigenvalue weighted by molar-refractivity contribution is 1.18. The van der Waals surface area contributed by atoms with Crippen molar-refractivity contribution in [3.8, 4) is 56.2 Å². The van der Waals surface area contributed by atoms with E-state index in [1.54, 1.807) is 0 Å². The van der Waals surface area contributed by atoms with E-state index in [1.165, 1.54) is 0 Å². The second-order valence-corrected chi connectivity index (χ2v) is 10.7. The summed E-state index contributed by atoms with van der Waals surface area (Å²) in [4.78, 5) is 19.2. The minimum atomic E-state index is 0.714. The van der Waals surface area contributed by atoms with Crippen LogP contribution >= 0.6 is 0 Å². The van der Waals surface area contributed by atoms with E-state index in [9.17, 15) is 0 Å². The van der Waals surface area contributed by atoms with Crippen LogP contribution in [0.25, 0.3) is 78.0 Å². The lowest BCUT2D eigenvalue weighted by Crippen LogP contribution is -1.95. The fourth-order valence-corrected chi connectivity index (χ4v) is 5.77. The molecule has 0 saturated carbocycles. The number of hydrogen-bond donors (Lipinski definition) is 0. The van der Waals surface area contributed by atoms with E-state index < -0.39 is 0 Å². The Hall–Kier alpha value is -6.00. The van der Waals surface area contributed by atoms with E-state index in [0.717, 1.165) is 72.1 Å². The first-order valence-corrected chi connectivity index (χ1v) is 14.6. The number of rotatable bonds is 5. The van der Waals surface area contributed by atoms with Gasteiger partial charge in [0.15, 0.2) is 5.82 Å². The lowest BCUT2D eigenvalue weighted by atomic mass is 9.95. The maximum absolute atomic E-state index is 4.98. The van der Waals surface area contributed by atoms with E-state index in [1.807, 2.05) is 54.9 Å². The summed E-state index contributed by atoms with van der Waals surface area (Å²) >= 11 is 0. The van der Waals surface area contributed by atoms with Crippen LogP contribution in [-0.4, -0.2) is 19.9 Å². The summed E-state index contributed by atoms with van der Waals surface area (Å²) in [5.74, 6) is 0.714. The fourth-order valence-electron chi connectivity index (χ4n) is 5.77. The van der Waals surface area contributed by atoms with Crippen LogP contribution in [-0.2, 0) is 0 Å². The second-order valence-electron chi connectivity index (χ2n) is 10.7. The maximum atomic E-state index is 4.98. The van der Waals surface area contributed by atoms with Crippen LogP contribution < -0.4 is 0 Å². The van der Waals surface area contributed by atoms with Crippen molar-refractivity contribution in [3.05, 3.63) is 158 Å². The molecule has 8 rings (SSSR count). The van der Waals surface area contributed by atoms with E-state index in [0.29, 0.717) is 5.82 Å². The van der Waals surface area contributed by atoms with Gasteiger partial charge in [-0.1, -0.05) is 121 Å². The van der Waals surface area contributed by atoms with Crippen molar-refractivity contribution in [3.63, 3.8) is 0 Å². The van der Waals surface area contributed by atoms with Crippen LogP contribution in [0.5, 0.6) is 0 Å².